The molecule has 5 rings (SSSR count). The van der Waals surface area contributed by atoms with Crippen molar-refractivity contribution in [2.75, 3.05) is 42.8 Å². The average Bonchev–Trinajstić information content (AvgIpc) is 3.65. The first kappa shape index (κ1) is 26.3. The second-order valence-corrected chi connectivity index (χ2v) is 15.1. The van der Waals surface area contributed by atoms with Crippen molar-refractivity contribution in [3.63, 3.8) is 0 Å². The molecule has 1 aliphatic rings. The summed E-state index contributed by atoms with van der Waals surface area (Å²) in [5, 5.41) is 3.51. The smallest absolute Gasteiger partial charge is 0.273 e. The summed E-state index contributed by atoms with van der Waals surface area (Å²) in [4.78, 5) is 11.4. The molecule has 4 aromatic rings. The Balaban J connectivity index is 1.36. The van der Waals surface area contributed by atoms with E-state index in [1.54, 1.807) is 40.1 Å². The molecule has 0 atom stereocenters. The number of nitrogens with one attached hydrogen (secondary N) is 1. The van der Waals surface area contributed by atoms with Crippen molar-refractivity contribution < 1.29 is 16.8 Å². The number of hydrogen-bond donors (Lipinski definition) is 1. The highest BCUT2D eigenvalue weighted by Crippen LogP contribution is 2.35. The van der Waals surface area contributed by atoms with E-state index in [1.807, 2.05) is 37.4 Å². The Hall–Kier alpha value is -2.29. The third-order valence-corrected chi connectivity index (χ3v) is 12.6. The molecule has 13 heteroatoms. The number of aromatic amines is 1. The molecule has 0 saturated carbocycles. The van der Waals surface area contributed by atoms with Gasteiger partial charge in [0.1, 0.15) is 9.22 Å². The number of benzene rings is 1. The van der Waals surface area contributed by atoms with Gasteiger partial charge in [0.2, 0.25) is 10.0 Å². The van der Waals surface area contributed by atoms with E-state index in [9.17, 15) is 16.8 Å². The lowest BCUT2D eigenvalue weighted by atomic mass is 10.2. The van der Waals surface area contributed by atoms with Crippen LogP contribution in [0.2, 0.25) is 0 Å². The van der Waals surface area contributed by atoms with Gasteiger partial charge in [-0.2, -0.15) is 4.31 Å². The molecule has 1 fully saturated rings. The number of rotatable bonds is 9. The number of fused-ring (bicyclic) bond motifs is 1. The van der Waals surface area contributed by atoms with Crippen LogP contribution in [-0.4, -0.2) is 74.5 Å². The van der Waals surface area contributed by atoms with Crippen LogP contribution in [-0.2, 0) is 26.6 Å². The maximum atomic E-state index is 13.3. The quantitative estimate of drug-likeness (QED) is 0.321. The van der Waals surface area contributed by atoms with E-state index in [2.05, 4.69) is 14.9 Å². The zero-order valence-corrected chi connectivity index (χ0v) is 23.9. The first-order chi connectivity index (χ1) is 17.7. The van der Waals surface area contributed by atoms with Crippen molar-refractivity contribution in [2.45, 2.75) is 24.6 Å². The van der Waals surface area contributed by atoms with Crippen LogP contribution in [0.1, 0.15) is 18.7 Å². The maximum absolute atomic E-state index is 13.3. The minimum atomic E-state index is -3.66. The molecule has 3 aromatic heterocycles. The molecule has 0 spiro atoms. The third kappa shape index (κ3) is 5.20. The lowest BCUT2D eigenvalue weighted by molar-refractivity contribution is 0.183. The summed E-state index contributed by atoms with van der Waals surface area (Å²) in [6.45, 7) is 6.92. The van der Waals surface area contributed by atoms with Gasteiger partial charge >= 0.3 is 0 Å². The fourth-order valence-corrected chi connectivity index (χ4v) is 9.13. The lowest BCUT2D eigenvalue weighted by Gasteiger charge is -2.33. The second-order valence-electron chi connectivity index (χ2n) is 8.73. The van der Waals surface area contributed by atoms with Gasteiger partial charge in [-0.05, 0) is 37.4 Å². The van der Waals surface area contributed by atoms with E-state index in [0.717, 1.165) is 26.5 Å². The SMILES string of the molecule is CCN(c1cccc2cc(-c3ncc(CN4CCN(S(=O)(=O)CC)CC4)s3)[nH]c12)S(=O)(=O)c1cccs1. The average molecular weight is 580 g/mol. The molecule has 0 unspecified atom stereocenters. The second kappa shape index (κ2) is 10.5. The number of nitrogens with zero attached hydrogens (tertiary/aromatic N) is 4. The molecule has 1 aliphatic heterocycles. The van der Waals surface area contributed by atoms with Crippen LogP contribution < -0.4 is 4.31 Å². The maximum Gasteiger partial charge on any atom is 0.273 e. The summed E-state index contributed by atoms with van der Waals surface area (Å²) >= 11 is 2.79. The van der Waals surface area contributed by atoms with E-state index in [-0.39, 0.29) is 5.75 Å². The van der Waals surface area contributed by atoms with Crippen molar-refractivity contribution in [3.8, 4) is 10.7 Å². The van der Waals surface area contributed by atoms with Crippen LogP contribution in [0.4, 0.5) is 5.69 Å². The predicted molar refractivity (Wildman–Crippen MR) is 150 cm³/mol. The molecule has 1 aromatic carbocycles. The summed E-state index contributed by atoms with van der Waals surface area (Å²) in [7, 11) is -6.81. The monoisotopic (exact) mass is 579 g/mol. The molecule has 0 bridgehead atoms. The number of thiazole rings is 1. The Kier molecular flexibility index (Phi) is 7.44. The van der Waals surface area contributed by atoms with Crippen molar-refractivity contribution in [3.05, 3.63) is 52.9 Å². The number of H-pyrrole nitrogens is 1. The van der Waals surface area contributed by atoms with Crippen LogP contribution in [0.15, 0.2) is 52.2 Å². The first-order valence-corrected chi connectivity index (χ1v) is 16.8. The zero-order chi connectivity index (χ0) is 26.2. The standard InChI is InChI=1S/C24H29N5O4S4/c1-3-29(37(32,33)22-9-6-14-34-22)21-8-5-7-18-15-20(26-23(18)21)24-25-16-19(35-24)17-27-10-12-28(13-11-27)36(30,31)4-2/h5-9,14-16,26H,3-4,10-13,17H2,1-2H3. The van der Waals surface area contributed by atoms with E-state index in [1.165, 1.54) is 15.6 Å². The van der Waals surface area contributed by atoms with Gasteiger partial charge in [0.15, 0.2) is 0 Å². The summed E-state index contributed by atoms with van der Waals surface area (Å²) in [5.74, 6) is 0.132. The van der Waals surface area contributed by atoms with Crippen LogP contribution in [0.25, 0.3) is 21.6 Å². The van der Waals surface area contributed by atoms with Gasteiger partial charge in [-0.1, -0.05) is 18.2 Å². The molecular weight excluding hydrogens is 551 g/mol. The Morgan fingerprint density at radius 1 is 1.05 bits per heavy atom. The van der Waals surface area contributed by atoms with Crippen molar-refractivity contribution in [1.82, 2.24) is 19.2 Å². The number of para-hydroxylation sites is 1. The number of piperazine rings is 1. The molecular formula is C24H29N5O4S4. The van der Waals surface area contributed by atoms with Crippen LogP contribution >= 0.6 is 22.7 Å². The van der Waals surface area contributed by atoms with E-state index in [0.29, 0.717) is 49.2 Å². The summed E-state index contributed by atoms with van der Waals surface area (Å²) < 4.78 is 54.2. The molecule has 37 heavy (non-hydrogen) atoms. The van der Waals surface area contributed by atoms with Crippen LogP contribution in [0.5, 0.6) is 0 Å². The third-order valence-electron chi connectivity index (χ3n) is 6.48. The highest BCUT2D eigenvalue weighted by atomic mass is 32.2. The predicted octanol–water partition coefficient (Wildman–Crippen LogP) is 4.04. The lowest BCUT2D eigenvalue weighted by Crippen LogP contribution is -2.48. The minimum Gasteiger partial charge on any atom is -0.351 e. The van der Waals surface area contributed by atoms with Crippen molar-refractivity contribution >= 4 is 59.3 Å². The van der Waals surface area contributed by atoms with Gasteiger partial charge in [0.05, 0.1) is 22.7 Å². The Morgan fingerprint density at radius 2 is 1.84 bits per heavy atom. The minimum absolute atomic E-state index is 0.132. The normalized spacial score (nSPS) is 15.9. The molecule has 0 radical (unpaired) electrons. The molecule has 1 N–H and O–H groups in total. The molecule has 0 amide bonds. The molecule has 1 saturated heterocycles. The highest BCUT2D eigenvalue weighted by Gasteiger charge is 2.27. The van der Waals surface area contributed by atoms with Crippen LogP contribution in [0, 0.1) is 0 Å². The largest absolute Gasteiger partial charge is 0.351 e. The summed E-state index contributed by atoms with van der Waals surface area (Å²) in [5.41, 5.74) is 2.20. The van der Waals surface area contributed by atoms with Gasteiger partial charge in [-0.3, -0.25) is 9.21 Å². The number of hydrogen-bond acceptors (Lipinski definition) is 8. The van der Waals surface area contributed by atoms with Crippen LogP contribution in [0.3, 0.4) is 0 Å². The Labute approximate surface area is 225 Å². The van der Waals surface area contributed by atoms with Gasteiger partial charge < -0.3 is 4.98 Å². The van der Waals surface area contributed by atoms with Gasteiger partial charge in [0.25, 0.3) is 10.0 Å². The van der Waals surface area contributed by atoms with Crippen molar-refractivity contribution in [2.24, 2.45) is 0 Å². The van der Waals surface area contributed by atoms with E-state index >= 15 is 0 Å². The fourth-order valence-electron chi connectivity index (χ4n) is 4.53. The Bertz CT molecular complexity index is 1580. The van der Waals surface area contributed by atoms with Gasteiger partial charge in [-0.25, -0.2) is 21.8 Å². The van der Waals surface area contributed by atoms with E-state index in [4.69, 9.17) is 0 Å². The Morgan fingerprint density at radius 3 is 2.51 bits per heavy atom. The topological polar surface area (TPSA) is 107 Å². The molecule has 0 aliphatic carbocycles. The first-order valence-electron chi connectivity index (χ1n) is 12.1. The van der Waals surface area contributed by atoms with Crippen molar-refractivity contribution in [1.29, 1.82) is 0 Å². The summed E-state index contributed by atoms with van der Waals surface area (Å²) in [6, 6.07) is 11.0. The summed E-state index contributed by atoms with van der Waals surface area (Å²) in [6.07, 6.45) is 1.86. The molecule has 198 valence electrons. The number of aromatic nitrogens is 2. The van der Waals surface area contributed by atoms with Gasteiger partial charge in [0, 0.05) is 55.7 Å². The van der Waals surface area contributed by atoms with Gasteiger partial charge in [-0.15, -0.1) is 22.7 Å². The number of thiophene rings is 1. The number of sulfonamides is 2. The highest BCUT2D eigenvalue weighted by molar-refractivity contribution is 7.94. The molecule has 9 nitrogen and oxygen atoms in total. The van der Waals surface area contributed by atoms with E-state index < -0.39 is 20.0 Å². The fraction of sp³-hybridized carbons (Fsp3) is 0.375. The zero-order valence-electron chi connectivity index (χ0n) is 20.6. The number of anilines is 1. The molecule has 4 heterocycles.